The molecule has 1 N–H and O–H groups in total. The molecule has 1 aliphatic carbocycles. The average molecular weight is 266 g/mol. The Labute approximate surface area is 114 Å². The first-order valence-electron chi connectivity index (χ1n) is 6.52. The van der Waals surface area contributed by atoms with Crippen LogP contribution in [0.2, 0.25) is 0 Å². The number of halogens is 1. The molecule has 0 atom stereocenters. The van der Waals surface area contributed by atoms with Crippen molar-refractivity contribution >= 4 is 17.5 Å². The van der Waals surface area contributed by atoms with E-state index < -0.39 is 0 Å². The van der Waals surface area contributed by atoms with E-state index in [0.29, 0.717) is 5.88 Å². The van der Waals surface area contributed by atoms with Crippen molar-refractivity contribution < 1.29 is 4.79 Å². The maximum absolute atomic E-state index is 12.4. The fraction of sp³-hybridized carbons (Fsp3) is 0.533. The maximum Gasteiger partial charge on any atom is 0.252 e. The third kappa shape index (κ3) is 2.69. The monoisotopic (exact) mass is 265 g/mol. The standard InChI is InChI=1S/C15H20ClNO/c1-11-5-6-12(2)13(9-11)14(18)17-15(10-16)7-3-4-8-15/h5-6,9H,3-4,7-8,10H2,1-2H3,(H,17,18). The van der Waals surface area contributed by atoms with Gasteiger partial charge in [-0.05, 0) is 38.3 Å². The average Bonchev–Trinajstić information content (AvgIpc) is 2.81. The van der Waals surface area contributed by atoms with E-state index in [1.807, 2.05) is 32.0 Å². The summed E-state index contributed by atoms with van der Waals surface area (Å²) in [6.45, 7) is 3.97. The number of amides is 1. The lowest BCUT2D eigenvalue weighted by Gasteiger charge is -2.28. The van der Waals surface area contributed by atoms with Gasteiger partial charge in [-0.15, -0.1) is 11.6 Å². The number of carbonyl (C=O) groups is 1. The molecule has 1 aromatic rings. The van der Waals surface area contributed by atoms with Crippen LogP contribution >= 0.6 is 11.6 Å². The van der Waals surface area contributed by atoms with E-state index >= 15 is 0 Å². The van der Waals surface area contributed by atoms with Gasteiger partial charge in [0.15, 0.2) is 0 Å². The molecule has 0 unspecified atom stereocenters. The molecule has 3 heteroatoms. The highest BCUT2D eigenvalue weighted by Gasteiger charge is 2.34. The zero-order chi connectivity index (χ0) is 13.2. The fourth-order valence-corrected chi connectivity index (χ4v) is 2.97. The first-order chi connectivity index (χ1) is 8.56. The van der Waals surface area contributed by atoms with Crippen LogP contribution in [-0.2, 0) is 0 Å². The molecule has 0 aromatic heterocycles. The lowest BCUT2D eigenvalue weighted by Crippen LogP contribution is -2.48. The van der Waals surface area contributed by atoms with Crippen LogP contribution in [0.5, 0.6) is 0 Å². The number of aryl methyl sites for hydroxylation is 2. The van der Waals surface area contributed by atoms with E-state index in [4.69, 9.17) is 11.6 Å². The van der Waals surface area contributed by atoms with Crippen LogP contribution in [0, 0.1) is 13.8 Å². The summed E-state index contributed by atoms with van der Waals surface area (Å²) in [4.78, 5) is 12.4. The van der Waals surface area contributed by atoms with Gasteiger partial charge in [-0.3, -0.25) is 4.79 Å². The molecule has 0 heterocycles. The summed E-state index contributed by atoms with van der Waals surface area (Å²) >= 11 is 6.05. The van der Waals surface area contributed by atoms with E-state index in [1.165, 1.54) is 0 Å². The first kappa shape index (κ1) is 13.4. The number of benzene rings is 1. The third-order valence-electron chi connectivity index (χ3n) is 3.83. The van der Waals surface area contributed by atoms with Gasteiger partial charge >= 0.3 is 0 Å². The molecule has 1 aromatic carbocycles. The smallest absolute Gasteiger partial charge is 0.252 e. The quantitative estimate of drug-likeness (QED) is 0.832. The van der Waals surface area contributed by atoms with Crippen LogP contribution in [0.4, 0.5) is 0 Å². The van der Waals surface area contributed by atoms with Crippen molar-refractivity contribution in [1.82, 2.24) is 5.32 Å². The Bertz CT molecular complexity index is 450. The summed E-state index contributed by atoms with van der Waals surface area (Å²) < 4.78 is 0. The van der Waals surface area contributed by atoms with Gasteiger partial charge in [0, 0.05) is 11.4 Å². The number of rotatable bonds is 3. The van der Waals surface area contributed by atoms with Crippen LogP contribution in [0.1, 0.15) is 47.2 Å². The van der Waals surface area contributed by atoms with Crippen molar-refractivity contribution in [3.63, 3.8) is 0 Å². The van der Waals surface area contributed by atoms with Gasteiger partial charge in [0.25, 0.3) is 5.91 Å². The lowest BCUT2D eigenvalue weighted by atomic mass is 9.98. The highest BCUT2D eigenvalue weighted by molar-refractivity contribution is 6.19. The Hall–Kier alpha value is -1.02. The van der Waals surface area contributed by atoms with Crippen molar-refractivity contribution in [3.05, 3.63) is 34.9 Å². The second-order valence-electron chi connectivity index (χ2n) is 5.39. The molecular formula is C15H20ClNO. The summed E-state index contributed by atoms with van der Waals surface area (Å²) in [5, 5.41) is 3.16. The molecule has 98 valence electrons. The summed E-state index contributed by atoms with van der Waals surface area (Å²) in [6, 6.07) is 5.97. The van der Waals surface area contributed by atoms with E-state index in [2.05, 4.69) is 5.32 Å². The van der Waals surface area contributed by atoms with Crippen LogP contribution in [0.3, 0.4) is 0 Å². The molecule has 2 rings (SSSR count). The summed E-state index contributed by atoms with van der Waals surface area (Å²) in [5.74, 6) is 0.516. The SMILES string of the molecule is Cc1ccc(C)c(C(=O)NC2(CCl)CCCC2)c1. The number of hydrogen-bond donors (Lipinski definition) is 1. The lowest BCUT2D eigenvalue weighted by molar-refractivity contribution is 0.0908. The Morgan fingerprint density at radius 2 is 2.00 bits per heavy atom. The minimum Gasteiger partial charge on any atom is -0.345 e. The second kappa shape index (κ2) is 5.31. The molecule has 1 amide bonds. The van der Waals surface area contributed by atoms with Gasteiger partial charge in [-0.1, -0.05) is 30.5 Å². The topological polar surface area (TPSA) is 29.1 Å². The number of nitrogens with one attached hydrogen (secondary N) is 1. The van der Waals surface area contributed by atoms with Gasteiger partial charge in [-0.25, -0.2) is 0 Å². The highest BCUT2D eigenvalue weighted by atomic mass is 35.5. The Morgan fingerprint density at radius 3 is 2.61 bits per heavy atom. The van der Waals surface area contributed by atoms with Crippen molar-refractivity contribution in [1.29, 1.82) is 0 Å². The molecule has 0 spiro atoms. The largest absolute Gasteiger partial charge is 0.345 e. The summed E-state index contributed by atoms with van der Waals surface area (Å²) in [5.41, 5.74) is 2.71. The zero-order valence-electron chi connectivity index (χ0n) is 11.1. The fourth-order valence-electron chi connectivity index (χ4n) is 2.63. The van der Waals surface area contributed by atoms with Gasteiger partial charge in [0.1, 0.15) is 0 Å². The third-order valence-corrected chi connectivity index (χ3v) is 4.34. The first-order valence-corrected chi connectivity index (χ1v) is 7.05. The molecule has 0 radical (unpaired) electrons. The van der Waals surface area contributed by atoms with E-state index in [-0.39, 0.29) is 11.4 Å². The Balaban J connectivity index is 2.18. The Kier molecular flexibility index (Phi) is 3.96. The molecule has 0 bridgehead atoms. The zero-order valence-corrected chi connectivity index (χ0v) is 11.8. The Morgan fingerprint density at radius 1 is 1.33 bits per heavy atom. The van der Waals surface area contributed by atoms with Gasteiger partial charge in [0.2, 0.25) is 0 Å². The van der Waals surface area contributed by atoms with Gasteiger partial charge in [-0.2, -0.15) is 0 Å². The van der Waals surface area contributed by atoms with E-state index in [9.17, 15) is 4.79 Å². The molecule has 0 aliphatic heterocycles. The minimum atomic E-state index is -0.186. The molecule has 2 nitrogen and oxygen atoms in total. The predicted molar refractivity (Wildman–Crippen MR) is 75.3 cm³/mol. The number of alkyl halides is 1. The molecule has 1 fully saturated rings. The summed E-state index contributed by atoms with van der Waals surface area (Å²) in [7, 11) is 0. The van der Waals surface area contributed by atoms with Crippen molar-refractivity contribution in [2.24, 2.45) is 0 Å². The van der Waals surface area contributed by atoms with E-state index in [0.717, 1.165) is 42.4 Å². The summed E-state index contributed by atoms with van der Waals surface area (Å²) in [6.07, 6.45) is 4.29. The van der Waals surface area contributed by atoms with Gasteiger partial charge < -0.3 is 5.32 Å². The van der Waals surface area contributed by atoms with Crippen LogP contribution in [0.15, 0.2) is 18.2 Å². The predicted octanol–water partition coefficient (Wildman–Crippen LogP) is 3.58. The molecular weight excluding hydrogens is 246 g/mol. The van der Waals surface area contributed by atoms with E-state index in [1.54, 1.807) is 0 Å². The van der Waals surface area contributed by atoms with Crippen molar-refractivity contribution in [2.75, 3.05) is 5.88 Å². The molecule has 18 heavy (non-hydrogen) atoms. The van der Waals surface area contributed by atoms with Crippen LogP contribution in [0.25, 0.3) is 0 Å². The maximum atomic E-state index is 12.4. The number of carbonyl (C=O) groups excluding carboxylic acids is 1. The van der Waals surface area contributed by atoms with Crippen molar-refractivity contribution in [3.8, 4) is 0 Å². The number of hydrogen-bond acceptors (Lipinski definition) is 1. The second-order valence-corrected chi connectivity index (χ2v) is 5.66. The molecule has 1 aliphatic rings. The highest BCUT2D eigenvalue weighted by Crippen LogP contribution is 2.31. The van der Waals surface area contributed by atoms with Crippen LogP contribution in [-0.4, -0.2) is 17.3 Å². The van der Waals surface area contributed by atoms with Gasteiger partial charge in [0.05, 0.1) is 5.54 Å². The molecule has 0 saturated heterocycles. The van der Waals surface area contributed by atoms with Crippen molar-refractivity contribution in [2.45, 2.75) is 45.1 Å². The van der Waals surface area contributed by atoms with Crippen LogP contribution < -0.4 is 5.32 Å². The molecule has 1 saturated carbocycles. The minimum absolute atomic E-state index is 0.0127. The normalized spacial score (nSPS) is 17.7.